The number of rotatable bonds is 6. The molecular formula is C27H33F4N5O5. The molecular weight excluding hydrogens is 550 g/mol. The van der Waals surface area contributed by atoms with Crippen LogP contribution in [0.4, 0.5) is 22.4 Å². The highest BCUT2D eigenvalue weighted by molar-refractivity contribution is 6.07. The van der Waals surface area contributed by atoms with Crippen LogP contribution in [0.15, 0.2) is 18.2 Å². The molecule has 0 aliphatic carbocycles. The molecule has 41 heavy (non-hydrogen) atoms. The molecule has 1 spiro atoms. The molecule has 4 rings (SSSR count). The van der Waals surface area contributed by atoms with E-state index in [2.05, 4.69) is 5.32 Å². The second-order valence-corrected chi connectivity index (χ2v) is 11.3. The van der Waals surface area contributed by atoms with Crippen molar-refractivity contribution in [3.8, 4) is 0 Å². The van der Waals surface area contributed by atoms with E-state index in [1.165, 1.54) is 23.8 Å². The Kier molecular flexibility index (Phi) is 8.07. The second-order valence-electron chi connectivity index (χ2n) is 11.3. The van der Waals surface area contributed by atoms with E-state index >= 15 is 0 Å². The first kappa shape index (κ1) is 30.3. The summed E-state index contributed by atoms with van der Waals surface area (Å²) in [5.41, 5.74) is -3.17. The summed E-state index contributed by atoms with van der Waals surface area (Å²) in [6.45, 7) is 6.17. The molecule has 3 aliphatic heterocycles. The van der Waals surface area contributed by atoms with Gasteiger partial charge >= 0.3 is 12.2 Å². The van der Waals surface area contributed by atoms with Gasteiger partial charge in [-0.3, -0.25) is 24.1 Å². The lowest BCUT2D eigenvalue weighted by molar-refractivity contribution is -0.143. The average molecular weight is 584 g/mol. The molecule has 3 saturated heterocycles. The minimum absolute atomic E-state index is 0.0236. The highest BCUT2D eigenvalue weighted by Gasteiger charge is 2.58. The Labute approximate surface area is 234 Å². The van der Waals surface area contributed by atoms with Crippen LogP contribution in [0.25, 0.3) is 0 Å². The summed E-state index contributed by atoms with van der Waals surface area (Å²) in [6, 6.07) is -0.120. The molecule has 224 valence electrons. The first-order chi connectivity index (χ1) is 19.1. The number of halogens is 4. The molecule has 10 nitrogen and oxygen atoms in total. The molecule has 0 saturated carbocycles. The van der Waals surface area contributed by atoms with Crippen molar-refractivity contribution in [1.82, 2.24) is 24.9 Å². The van der Waals surface area contributed by atoms with Crippen LogP contribution in [0, 0.1) is 17.7 Å². The first-order valence-electron chi connectivity index (χ1n) is 13.4. The summed E-state index contributed by atoms with van der Waals surface area (Å²) in [7, 11) is 1.41. The predicted octanol–water partition coefficient (Wildman–Crippen LogP) is 2.33. The molecule has 1 atom stereocenters. The number of likely N-dealkylation sites (tertiary alicyclic amines) is 2. The van der Waals surface area contributed by atoms with Crippen molar-refractivity contribution in [3.63, 3.8) is 0 Å². The minimum atomic E-state index is -4.79. The number of hydrogen-bond donors (Lipinski definition) is 1. The van der Waals surface area contributed by atoms with Crippen molar-refractivity contribution in [3.05, 3.63) is 35.1 Å². The van der Waals surface area contributed by atoms with E-state index in [1.54, 1.807) is 18.7 Å². The van der Waals surface area contributed by atoms with Crippen molar-refractivity contribution < 1.29 is 41.5 Å². The number of nitrogens with zero attached hydrogens (tertiary/aromatic N) is 4. The fraction of sp³-hybridized carbons (Fsp3) is 0.593. The summed E-state index contributed by atoms with van der Waals surface area (Å²) in [4.78, 5) is 69.7. The Morgan fingerprint density at radius 1 is 1.07 bits per heavy atom. The maximum absolute atomic E-state index is 14.3. The molecule has 0 unspecified atom stereocenters. The fourth-order valence-corrected chi connectivity index (χ4v) is 5.72. The number of piperidine rings is 1. The van der Waals surface area contributed by atoms with Crippen LogP contribution in [0.5, 0.6) is 0 Å². The van der Waals surface area contributed by atoms with Gasteiger partial charge in [-0.15, -0.1) is 0 Å². The maximum Gasteiger partial charge on any atom is 0.416 e. The Balaban J connectivity index is 1.46. The van der Waals surface area contributed by atoms with E-state index < -0.39 is 58.5 Å². The van der Waals surface area contributed by atoms with Crippen LogP contribution in [0.2, 0.25) is 0 Å². The van der Waals surface area contributed by atoms with Gasteiger partial charge in [-0.2, -0.15) is 13.2 Å². The summed E-state index contributed by atoms with van der Waals surface area (Å²) in [5.74, 6) is -3.73. The number of hydrogen-bond acceptors (Lipinski definition) is 5. The van der Waals surface area contributed by atoms with Crippen molar-refractivity contribution in [2.24, 2.45) is 11.8 Å². The number of likely N-dealkylation sites (N-methyl/N-ethyl adjacent to an activating group) is 1. The Hall–Kier alpha value is -3.71. The fourth-order valence-electron chi connectivity index (χ4n) is 5.72. The lowest BCUT2D eigenvalue weighted by Gasteiger charge is -2.46. The van der Waals surface area contributed by atoms with Gasteiger partial charge in [0.05, 0.1) is 11.1 Å². The van der Waals surface area contributed by atoms with Crippen LogP contribution in [0.1, 0.15) is 49.5 Å². The molecule has 0 bridgehead atoms. The monoisotopic (exact) mass is 583 g/mol. The number of amides is 6. The number of carbonyl (C=O) groups excluding carboxylic acids is 5. The Morgan fingerprint density at radius 2 is 1.68 bits per heavy atom. The lowest BCUT2D eigenvalue weighted by Crippen LogP contribution is -2.62. The number of carbonyl (C=O) groups is 5. The molecule has 1 aromatic rings. The number of urea groups is 1. The third-order valence-corrected chi connectivity index (χ3v) is 8.24. The average Bonchev–Trinajstić information content (AvgIpc) is 3.04. The van der Waals surface area contributed by atoms with Crippen LogP contribution in [-0.4, -0.2) is 101 Å². The predicted molar refractivity (Wildman–Crippen MR) is 137 cm³/mol. The molecule has 3 heterocycles. The van der Waals surface area contributed by atoms with Crippen molar-refractivity contribution in [1.29, 1.82) is 0 Å². The van der Waals surface area contributed by atoms with E-state index in [1.807, 2.05) is 0 Å². The topological polar surface area (TPSA) is 110 Å². The third kappa shape index (κ3) is 5.60. The lowest BCUT2D eigenvalue weighted by atomic mass is 9.84. The normalized spacial score (nSPS) is 20.1. The van der Waals surface area contributed by atoms with Crippen molar-refractivity contribution in [2.45, 2.75) is 51.4 Å². The zero-order chi connectivity index (χ0) is 30.4. The van der Waals surface area contributed by atoms with Gasteiger partial charge in [0.1, 0.15) is 17.4 Å². The van der Waals surface area contributed by atoms with Crippen LogP contribution in [0.3, 0.4) is 0 Å². The van der Waals surface area contributed by atoms with Gasteiger partial charge in [-0.05, 0) is 37.0 Å². The van der Waals surface area contributed by atoms with Gasteiger partial charge < -0.3 is 20.0 Å². The third-order valence-electron chi connectivity index (χ3n) is 8.24. The summed E-state index contributed by atoms with van der Waals surface area (Å²) < 4.78 is 53.6. The molecule has 0 aromatic heterocycles. The molecule has 1 N–H and O–H groups in total. The minimum Gasteiger partial charge on any atom is -0.342 e. The zero-order valence-electron chi connectivity index (χ0n) is 23.3. The van der Waals surface area contributed by atoms with Crippen molar-refractivity contribution >= 4 is 29.7 Å². The highest BCUT2D eigenvalue weighted by atomic mass is 19.4. The zero-order valence-corrected chi connectivity index (χ0v) is 23.3. The molecule has 0 radical (unpaired) electrons. The maximum atomic E-state index is 14.3. The SMILES string of the molecule is CC(=O)N1CC(CN2C(=O)N(C)C(=O)C23CCN(C(=O)[C@H](NC(=O)c2cc(C(F)(F)F)ccc2F)C(C)C)CC3)C1. The largest absolute Gasteiger partial charge is 0.416 e. The van der Waals surface area contributed by atoms with E-state index in [4.69, 9.17) is 0 Å². The first-order valence-corrected chi connectivity index (χ1v) is 13.4. The van der Waals surface area contributed by atoms with Gasteiger partial charge in [-0.25, -0.2) is 9.18 Å². The Bertz CT molecular complexity index is 1250. The Morgan fingerprint density at radius 3 is 2.22 bits per heavy atom. The van der Waals surface area contributed by atoms with E-state index in [0.717, 1.165) is 4.90 Å². The van der Waals surface area contributed by atoms with E-state index in [-0.39, 0.29) is 43.7 Å². The quantitative estimate of drug-likeness (QED) is 0.409. The summed E-state index contributed by atoms with van der Waals surface area (Å²) in [5, 5.41) is 2.39. The van der Waals surface area contributed by atoms with Gasteiger partial charge in [0, 0.05) is 52.6 Å². The number of alkyl halides is 3. The van der Waals surface area contributed by atoms with Crippen molar-refractivity contribution in [2.75, 3.05) is 39.8 Å². The van der Waals surface area contributed by atoms with E-state index in [9.17, 15) is 41.5 Å². The molecule has 1 aromatic carbocycles. The number of imide groups is 1. The van der Waals surface area contributed by atoms with Gasteiger partial charge in [0.25, 0.3) is 11.8 Å². The van der Waals surface area contributed by atoms with Crippen LogP contribution < -0.4 is 5.32 Å². The smallest absolute Gasteiger partial charge is 0.342 e. The van der Waals surface area contributed by atoms with E-state index in [0.29, 0.717) is 37.8 Å². The number of nitrogens with one attached hydrogen (secondary N) is 1. The molecule has 3 fully saturated rings. The summed E-state index contributed by atoms with van der Waals surface area (Å²) in [6.07, 6.45) is -4.48. The van der Waals surface area contributed by atoms with Crippen LogP contribution in [-0.2, 0) is 20.6 Å². The second kappa shape index (κ2) is 10.9. The summed E-state index contributed by atoms with van der Waals surface area (Å²) >= 11 is 0. The van der Waals surface area contributed by atoms with Gasteiger partial charge in [0.2, 0.25) is 11.8 Å². The standard InChI is InChI=1S/C27H33F4N5O5/c1-15(2)21(32-22(38)19-11-18(27(29,30)31)5-6-20(19)28)23(39)34-9-7-26(8-10-34)24(40)33(4)25(41)36(26)14-17-12-35(13-17)16(3)37/h5-6,11,15,17,21H,7-10,12-14H2,1-4H3,(H,32,38)/t21-/m1/s1. The van der Waals surface area contributed by atoms with Gasteiger partial charge in [-0.1, -0.05) is 13.8 Å². The molecule has 3 aliphatic rings. The molecule has 6 amide bonds. The van der Waals surface area contributed by atoms with Crippen LogP contribution >= 0.6 is 0 Å². The molecule has 14 heteroatoms. The highest BCUT2D eigenvalue weighted by Crippen LogP contribution is 2.38. The van der Waals surface area contributed by atoms with Gasteiger partial charge in [0.15, 0.2) is 0 Å². The number of benzene rings is 1.